The number of pyridine rings is 1. The number of fused-ring (bicyclic) bond motifs is 1. The van der Waals surface area contributed by atoms with Crippen molar-refractivity contribution in [2.45, 2.75) is 13.0 Å². The summed E-state index contributed by atoms with van der Waals surface area (Å²) in [5.74, 6) is -0.366. The summed E-state index contributed by atoms with van der Waals surface area (Å²) >= 11 is 0. The van der Waals surface area contributed by atoms with Gasteiger partial charge in [0.25, 0.3) is 0 Å². The van der Waals surface area contributed by atoms with Crippen LogP contribution in [0.2, 0.25) is 0 Å². The van der Waals surface area contributed by atoms with E-state index in [4.69, 9.17) is 5.73 Å². The van der Waals surface area contributed by atoms with E-state index >= 15 is 0 Å². The predicted molar refractivity (Wildman–Crippen MR) is 77.8 cm³/mol. The first-order chi connectivity index (χ1) is 8.99. The van der Waals surface area contributed by atoms with Crippen molar-refractivity contribution in [2.75, 3.05) is 31.7 Å². The summed E-state index contributed by atoms with van der Waals surface area (Å²) in [6.07, 6.45) is 1.64. The molecule has 102 valence electrons. The first-order valence-corrected chi connectivity index (χ1v) is 6.23. The maximum Gasteiger partial charge on any atom is 0.150 e. The molecular weight excluding hydrogens is 243 g/mol. The average molecular weight is 262 g/mol. The summed E-state index contributed by atoms with van der Waals surface area (Å²) < 4.78 is 14.1. The lowest BCUT2D eigenvalue weighted by Crippen LogP contribution is -2.30. The lowest BCUT2D eigenvalue weighted by Gasteiger charge is -2.20. The lowest BCUT2D eigenvalue weighted by molar-refractivity contribution is 0.391. The summed E-state index contributed by atoms with van der Waals surface area (Å²) in [6.45, 7) is 2.81. The van der Waals surface area contributed by atoms with Gasteiger partial charge in [-0.3, -0.25) is 4.98 Å². The fraction of sp³-hybridized carbons (Fsp3) is 0.357. The highest BCUT2D eigenvalue weighted by Crippen LogP contribution is 2.29. The fourth-order valence-corrected chi connectivity index (χ4v) is 2.21. The van der Waals surface area contributed by atoms with Crippen LogP contribution in [0.15, 0.2) is 24.4 Å². The number of nitrogens with zero attached hydrogens (tertiary/aromatic N) is 2. The number of benzene rings is 1. The predicted octanol–water partition coefficient (Wildman–Crippen LogP) is 2.32. The molecule has 0 radical (unpaired) electrons. The molecule has 0 aliphatic rings. The number of hydrogen-bond acceptors (Lipinski definition) is 4. The van der Waals surface area contributed by atoms with E-state index < -0.39 is 0 Å². The molecule has 0 saturated carbocycles. The topological polar surface area (TPSA) is 54.2 Å². The molecule has 0 saturated heterocycles. The number of likely N-dealkylation sites (N-methyl/N-ethyl adjacent to an activating group) is 1. The third-order valence-electron chi connectivity index (χ3n) is 2.91. The van der Waals surface area contributed by atoms with E-state index in [1.807, 2.05) is 32.0 Å². The van der Waals surface area contributed by atoms with Crippen molar-refractivity contribution >= 4 is 22.3 Å². The van der Waals surface area contributed by atoms with Crippen LogP contribution in [0.1, 0.15) is 6.92 Å². The van der Waals surface area contributed by atoms with E-state index in [-0.39, 0.29) is 11.9 Å². The van der Waals surface area contributed by atoms with E-state index in [1.54, 1.807) is 12.3 Å². The van der Waals surface area contributed by atoms with Gasteiger partial charge in [0.1, 0.15) is 0 Å². The van der Waals surface area contributed by atoms with Gasteiger partial charge in [-0.25, -0.2) is 4.39 Å². The summed E-state index contributed by atoms with van der Waals surface area (Å²) in [6, 6.07) is 5.09. The third kappa shape index (κ3) is 2.93. The molecular formula is C14H19FN4. The van der Waals surface area contributed by atoms with Crippen LogP contribution in [-0.2, 0) is 0 Å². The Morgan fingerprint density at radius 1 is 1.47 bits per heavy atom. The smallest absolute Gasteiger partial charge is 0.150 e. The van der Waals surface area contributed by atoms with Crippen LogP contribution in [0.25, 0.3) is 10.9 Å². The Morgan fingerprint density at radius 3 is 2.89 bits per heavy atom. The molecule has 2 aromatic rings. The number of anilines is 2. The molecule has 0 spiro atoms. The highest BCUT2D eigenvalue weighted by Gasteiger charge is 2.14. The fourth-order valence-electron chi connectivity index (χ4n) is 2.21. The van der Waals surface area contributed by atoms with Crippen molar-refractivity contribution in [1.29, 1.82) is 0 Å². The summed E-state index contributed by atoms with van der Waals surface area (Å²) in [5.41, 5.74) is 7.22. The Morgan fingerprint density at radius 2 is 2.21 bits per heavy atom. The standard InChI is InChI=1S/C14H19FN4/c1-9(8-19(2)3)18-14-11(15)7-12(16)10-5-4-6-17-13(10)14/h4-7,9,18H,8,16H2,1-3H3. The molecule has 0 aliphatic carbocycles. The zero-order valence-electron chi connectivity index (χ0n) is 11.4. The molecule has 5 heteroatoms. The van der Waals surface area contributed by atoms with Gasteiger partial charge in [0.2, 0.25) is 0 Å². The minimum Gasteiger partial charge on any atom is -0.398 e. The summed E-state index contributed by atoms with van der Waals surface area (Å²) in [4.78, 5) is 6.28. The second-order valence-electron chi connectivity index (χ2n) is 5.03. The minimum absolute atomic E-state index is 0.110. The molecule has 3 N–H and O–H groups in total. The Labute approximate surface area is 112 Å². The van der Waals surface area contributed by atoms with Crippen molar-refractivity contribution in [1.82, 2.24) is 9.88 Å². The van der Waals surface area contributed by atoms with Crippen LogP contribution in [0, 0.1) is 5.82 Å². The molecule has 2 rings (SSSR count). The van der Waals surface area contributed by atoms with Crippen molar-refractivity contribution in [3.8, 4) is 0 Å². The number of rotatable bonds is 4. The molecule has 1 atom stereocenters. The van der Waals surface area contributed by atoms with E-state index in [2.05, 4.69) is 10.3 Å². The second-order valence-corrected chi connectivity index (χ2v) is 5.03. The van der Waals surface area contributed by atoms with Crippen LogP contribution in [0.4, 0.5) is 15.8 Å². The molecule has 4 nitrogen and oxygen atoms in total. The highest BCUT2D eigenvalue weighted by atomic mass is 19.1. The van der Waals surface area contributed by atoms with Crippen molar-refractivity contribution in [2.24, 2.45) is 0 Å². The van der Waals surface area contributed by atoms with E-state index in [0.717, 1.165) is 11.9 Å². The quantitative estimate of drug-likeness (QED) is 0.830. The van der Waals surface area contributed by atoms with Crippen LogP contribution in [-0.4, -0.2) is 36.6 Å². The molecule has 1 unspecified atom stereocenters. The maximum absolute atomic E-state index is 14.1. The van der Waals surface area contributed by atoms with Gasteiger partial charge in [0.15, 0.2) is 5.82 Å². The minimum atomic E-state index is -0.366. The van der Waals surface area contributed by atoms with E-state index in [1.165, 1.54) is 6.07 Å². The summed E-state index contributed by atoms with van der Waals surface area (Å²) in [7, 11) is 3.96. The molecule has 0 aliphatic heterocycles. The molecule has 1 heterocycles. The van der Waals surface area contributed by atoms with Crippen molar-refractivity contribution in [3.63, 3.8) is 0 Å². The Balaban J connectivity index is 2.42. The second kappa shape index (κ2) is 5.40. The molecule has 1 aromatic heterocycles. The lowest BCUT2D eigenvalue weighted by atomic mass is 10.1. The first kappa shape index (κ1) is 13.5. The number of aromatic nitrogens is 1. The van der Waals surface area contributed by atoms with Gasteiger partial charge in [-0.05, 0) is 39.2 Å². The highest BCUT2D eigenvalue weighted by molar-refractivity contribution is 5.98. The zero-order valence-corrected chi connectivity index (χ0v) is 11.4. The number of nitrogens with one attached hydrogen (secondary N) is 1. The maximum atomic E-state index is 14.1. The van der Waals surface area contributed by atoms with Crippen LogP contribution >= 0.6 is 0 Å². The molecule has 0 bridgehead atoms. The molecule has 0 fully saturated rings. The number of nitrogens with two attached hydrogens (primary N) is 1. The SMILES string of the molecule is CC(CN(C)C)Nc1c(F)cc(N)c2cccnc12. The summed E-state index contributed by atoms with van der Waals surface area (Å²) in [5, 5.41) is 3.94. The van der Waals surface area contributed by atoms with Crippen molar-refractivity contribution in [3.05, 3.63) is 30.2 Å². The van der Waals surface area contributed by atoms with Gasteiger partial charge in [-0.15, -0.1) is 0 Å². The van der Waals surface area contributed by atoms with Gasteiger partial charge in [0, 0.05) is 29.9 Å². The van der Waals surface area contributed by atoms with Gasteiger partial charge < -0.3 is 16.0 Å². The number of hydrogen-bond donors (Lipinski definition) is 2. The van der Waals surface area contributed by atoms with E-state index in [9.17, 15) is 4.39 Å². The monoisotopic (exact) mass is 262 g/mol. The van der Waals surface area contributed by atoms with Crippen molar-refractivity contribution < 1.29 is 4.39 Å². The Hall–Kier alpha value is -1.88. The first-order valence-electron chi connectivity index (χ1n) is 6.23. The molecule has 1 aromatic carbocycles. The average Bonchev–Trinajstić information content (AvgIpc) is 2.33. The number of halogens is 1. The Bertz CT molecular complexity index is 583. The van der Waals surface area contributed by atoms with Gasteiger partial charge in [-0.1, -0.05) is 0 Å². The Kier molecular flexibility index (Phi) is 3.85. The largest absolute Gasteiger partial charge is 0.398 e. The van der Waals surface area contributed by atoms with Crippen LogP contribution in [0.3, 0.4) is 0 Å². The van der Waals surface area contributed by atoms with Gasteiger partial charge >= 0.3 is 0 Å². The molecule has 19 heavy (non-hydrogen) atoms. The van der Waals surface area contributed by atoms with E-state index in [0.29, 0.717) is 16.9 Å². The number of nitrogen functional groups attached to an aromatic ring is 1. The van der Waals surface area contributed by atoms with Gasteiger partial charge in [-0.2, -0.15) is 0 Å². The van der Waals surface area contributed by atoms with Gasteiger partial charge in [0.05, 0.1) is 11.2 Å². The third-order valence-corrected chi connectivity index (χ3v) is 2.91. The zero-order chi connectivity index (χ0) is 14.0. The van der Waals surface area contributed by atoms with Crippen LogP contribution in [0.5, 0.6) is 0 Å². The van der Waals surface area contributed by atoms with Crippen LogP contribution < -0.4 is 11.1 Å². The normalized spacial score (nSPS) is 12.9. The molecule has 0 amide bonds.